The Balaban J connectivity index is 1.96. The number of carbonyl (C=O) groups excluding carboxylic acids is 1. The number of methoxy groups -OCH3 is 1. The standard InChI is InChI=1S/C22H31BrO4/c1-7-26-20(24)15-12-22(5,9-8-17-21(3,4)27-17)11-14-18(15)16(25-6)10-13(2)19(14)23/h10,15,17H,7-9,11-12H2,1-6H3/t15?,17?,22-/m0/s1. The summed E-state index contributed by atoms with van der Waals surface area (Å²) in [6.45, 7) is 10.9. The predicted octanol–water partition coefficient (Wildman–Crippen LogP) is 5.32. The summed E-state index contributed by atoms with van der Waals surface area (Å²) in [6, 6.07) is 2.01. The molecule has 2 unspecified atom stereocenters. The Morgan fingerprint density at radius 1 is 1.37 bits per heavy atom. The lowest BCUT2D eigenvalue weighted by Gasteiger charge is -2.40. The molecule has 0 N–H and O–H groups in total. The molecule has 1 saturated heterocycles. The van der Waals surface area contributed by atoms with Gasteiger partial charge in [0, 0.05) is 10.0 Å². The molecule has 1 aliphatic carbocycles. The number of esters is 1. The third-order valence-corrected chi connectivity index (χ3v) is 7.27. The molecule has 5 heteroatoms. The van der Waals surface area contributed by atoms with Crippen LogP contribution >= 0.6 is 15.9 Å². The second kappa shape index (κ2) is 7.40. The van der Waals surface area contributed by atoms with E-state index >= 15 is 0 Å². The average molecular weight is 439 g/mol. The highest BCUT2D eigenvalue weighted by molar-refractivity contribution is 9.10. The summed E-state index contributed by atoms with van der Waals surface area (Å²) in [5, 5.41) is 0. The van der Waals surface area contributed by atoms with Crippen molar-refractivity contribution in [3.63, 3.8) is 0 Å². The van der Waals surface area contributed by atoms with Gasteiger partial charge in [-0.05, 0) is 76.0 Å². The highest BCUT2D eigenvalue weighted by Crippen LogP contribution is 2.52. The van der Waals surface area contributed by atoms with Crippen LogP contribution in [0.5, 0.6) is 5.75 Å². The van der Waals surface area contributed by atoms with Crippen LogP contribution in [0.25, 0.3) is 0 Å². The number of hydrogen-bond acceptors (Lipinski definition) is 4. The molecule has 2 aliphatic rings. The number of rotatable bonds is 6. The summed E-state index contributed by atoms with van der Waals surface area (Å²) < 4.78 is 18.0. The Morgan fingerprint density at radius 2 is 2.04 bits per heavy atom. The van der Waals surface area contributed by atoms with Crippen molar-refractivity contribution in [2.75, 3.05) is 13.7 Å². The van der Waals surface area contributed by atoms with Crippen LogP contribution in [0.2, 0.25) is 0 Å². The van der Waals surface area contributed by atoms with Gasteiger partial charge in [-0.25, -0.2) is 0 Å². The van der Waals surface area contributed by atoms with E-state index in [2.05, 4.69) is 43.6 Å². The fourth-order valence-corrected chi connectivity index (χ4v) is 4.98. The number of hydrogen-bond donors (Lipinski definition) is 0. The molecule has 0 radical (unpaired) electrons. The first kappa shape index (κ1) is 20.7. The van der Waals surface area contributed by atoms with E-state index in [0.717, 1.165) is 47.0 Å². The summed E-state index contributed by atoms with van der Waals surface area (Å²) in [7, 11) is 1.67. The van der Waals surface area contributed by atoms with E-state index < -0.39 is 0 Å². The lowest BCUT2D eigenvalue weighted by atomic mass is 9.65. The molecule has 1 aliphatic heterocycles. The van der Waals surface area contributed by atoms with Crippen LogP contribution in [0, 0.1) is 12.3 Å². The normalized spacial score (nSPS) is 28.4. The van der Waals surface area contributed by atoms with Crippen molar-refractivity contribution in [3.05, 3.63) is 27.2 Å². The number of benzene rings is 1. The molecule has 0 amide bonds. The molecule has 1 aromatic carbocycles. The number of fused-ring (bicyclic) bond motifs is 1. The maximum atomic E-state index is 12.8. The van der Waals surface area contributed by atoms with Crippen molar-refractivity contribution in [3.8, 4) is 5.75 Å². The third kappa shape index (κ3) is 4.04. The predicted molar refractivity (Wildman–Crippen MR) is 109 cm³/mol. The summed E-state index contributed by atoms with van der Waals surface area (Å²) >= 11 is 3.77. The van der Waals surface area contributed by atoms with Crippen molar-refractivity contribution in [2.24, 2.45) is 5.41 Å². The van der Waals surface area contributed by atoms with Gasteiger partial charge in [-0.1, -0.05) is 22.9 Å². The molecular formula is C22H31BrO4. The highest BCUT2D eigenvalue weighted by atomic mass is 79.9. The van der Waals surface area contributed by atoms with Gasteiger partial charge in [0.1, 0.15) is 5.75 Å². The molecule has 3 rings (SSSR count). The van der Waals surface area contributed by atoms with Gasteiger partial charge in [-0.15, -0.1) is 0 Å². The molecule has 0 bridgehead atoms. The van der Waals surface area contributed by atoms with Crippen LogP contribution in [-0.2, 0) is 20.7 Å². The average Bonchev–Trinajstić information content (AvgIpc) is 3.23. The summed E-state index contributed by atoms with van der Waals surface area (Å²) in [4.78, 5) is 12.8. The van der Waals surface area contributed by atoms with E-state index in [1.54, 1.807) is 7.11 Å². The maximum Gasteiger partial charge on any atom is 0.313 e. The van der Waals surface area contributed by atoms with Gasteiger partial charge in [-0.3, -0.25) is 4.79 Å². The number of ether oxygens (including phenoxy) is 3. The van der Waals surface area contributed by atoms with Gasteiger partial charge in [0.25, 0.3) is 0 Å². The van der Waals surface area contributed by atoms with Gasteiger partial charge in [0.05, 0.1) is 31.3 Å². The molecule has 3 atom stereocenters. The number of aryl methyl sites for hydroxylation is 1. The zero-order valence-electron chi connectivity index (χ0n) is 17.3. The first-order chi connectivity index (χ1) is 12.6. The SMILES string of the molecule is CCOC(=O)C1C[C@@](C)(CCC2OC2(C)C)Cc2c(Br)c(C)cc(OC)c21. The minimum Gasteiger partial charge on any atom is -0.496 e. The molecule has 1 aromatic rings. The minimum absolute atomic E-state index is 0.00384. The van der Waals surface area contributed by atoms with Gasteiger partial charge in [0.2, 0.25) is 0 Å². The minimum atomic E-state index is -0.293. The molecule has 0 aromatic heterocycles. The number of epoxide rings is 1. The Kier molecular flexibility index (Phi) is 5.66. The molecular weight excluding hydrogens is 408 g/mol. The van der Waals surface area contributed by atoms with Crippen molar-refractivity contribution in [1.29, 1.82) is 0 Å². The molecule has 4 nitrogen and oxygen atoms in total. The monoisotopic (exact) mass is 438 g/mol. The summed E-state index contributed by atoms with van der Waals surface area (Å²) in [6.07, 6.45) is 4.07. The largest absolute Gasteiger partial charge is 0.496 e. The Morgan fingerprint density at radius 3 is 2.59 bits per heavy atom. The van der Waals surface area contributed by atoms with Crippen LogP contribution in [0.15, 0.2) is 10.5 Å². The Bertz CT molecular complexity index is 742. The molecule has 0 spiro atoms. The van der Waals surface area contributed by atoms with Gasteiger partial charge in [-0.2, -0.15) is 0 Å². The van der Waals surface area contributed by atoms with E-state index in [4.69, 9.17) is 14.2 Å². The number of carbonyl (C=O) groups is 1. The Hall–Kier alpha value is -1.07. The highest BCUT2D eigenvalue weighted by Gasteiger charge is 2.49. The first-order valence-corrected chi connectivity index (χ1v) is 10.6. The van der Waals surface area contributed by atoms with E-state index in [9.17, 15) is 4.79 Å². The fourth-order valence-electron chi connectivity index (χ4n) is 4.51. The summed E-state index contributed by atoms with van der Waals surface area (Å²) in [5.74, 6) is 0.345. The summed E-state index contributed by atoms with van der Waals surface area (Å²) in [5.41, 5.74) is 3.34. The van der Waals surface area contributed by atoms with E-state index in [1.807, 2.05) is 13.0 Å². The van der Waals surface area contributed by atoms with Crippen molar-refractivity contribution < 1.29 is 19.0 Å². The van der Waals surface area contributed by atoms with Crippen LogP contribution in [-0.4, -0.2) is 31.4 Å². The molecule has 1 heterocycles. The van der Waals surface area contributed by atoms with E-state index in [0.29, 0.717) is 12.7 Å². The topological polar surface area (TPSA) is 48.1 Å². The third-order valence-electron chi connectivity index (χ3n) is 6.16. The second-order valence-corrected chi connectivity index (χ2v) is 9.64. The van der Waals surface area contributed by atoms with Gasteiger partial charge >= 0.3 is 5.97 Å². The zero-order chi connectivity index (χ0) is 20.0. The van der Waals surface area contributed by atoms with Crippen LogP contribution in [0.1, 0.15) is 69.6 Å². The Labute approximate surface area is 171 Å². The van der Waals surface area contributed by atoms with Crippen molar-refractivity contribution in [2.45, 2.75) is 77.9 Å². The fraction of sp³-hybridized carbons (Fsp3) is 0.682. The van der Waals surface area contributed by atoms with Crippen molar-refractivity contribution in [1.82, 2.24) is 0 Å². The molecule has 150 valence electrons. The van der Waals surface area contributed by atoms with Crippen molar-refractivity contribution >= 4 is 21.9 Å². The lowest BCUT2D eigenvalue weighted by Crippen LogP contribution is -2.34. The maximum absolute atomic E-state index is 12.8. The molecule has 27 heavy (non-hydrogen) atoms. The van der Waals surface area contributed by atoms with Crippen LogP contribution < -0.4 is 4.74 Å². The molecule has 0 saturated carbocycles. The smallest absolute Gasteiger partial charge is 0.313 e. The van der Waals surface area contributed by atoms with Crippen LogP contribution in [0.3, 0.4) is 0 Å². The molecule has 1 fully saturated rings. The quantitative estimate of drug-likeness (QED) is 0.445. The second-order valence-electron chi connectivity index (χ2n) is 8.85. The van der Waals surface area contributed by atoms with Gasteiger partial charge in [0.15, 0.2) is 0 Å². The van der Waals surface area contributed by atoms with Gasteiger partial charge < -0.3 is 14.2 Å². The zero-order valence-corrected chi connectivity index (χ0v) is 18.9. The first-order valence-electron chi connectivity index (χ1n) is 9.82. The van der Waals surface area contributed by atoms with E-state index in [-0.39, 0.29) is 22.9 Å². The lowest BCUT2D eigenvalue weighted by molar-refractivity contribution is -0.146. The number of halogens is 1. The van der Waals surface area contributed by atoms with E-state index in [1.165, 1.54) is 5.56 Å². The van der Waals surface area contributed by atoms with Crippen LogP contribution in [0.4, 0.5) is 0 Å².